The zero-order chi connectivity index (χ0) is 19.3. The molecule has 7 heteroatoms. The Balaban J connectivity index is 1.52. The van der Waals surface area contributed by atoms with Gasteiger partial charge in [-0.15, -0.1) is 0 Å². The molecule has 2 aromatic rings. The van der Waals surface area contributed by atoms with Crippen LogP contribution in [0.5, 0.6) is 0 Å². The first-order chi connectivity index (χ1) is 13.0. The quantitative estimate of drug-likeness (QED) is 0.803. The van der Waals surface area contributed by atoms with E-state index in [9.17, 15) is 13.2 Å². The predicted molar refractivity (Wildman–Crippen MR) is 107 cm³/mol. The summed E-state index contributed by atoms with van der Waals surface area (Å²) in [6.45, 7) is 1.22. The highest BCUT2D eigenvalue weighted by Gasteiger charge is 2.20. The van der Waals surface area contributed by atoms with Crippen molar-refractivity contribution < 1.29 is 13.2 Å². The number of rotatable bonds is 6. The van der Waals surface area contributed by atoms with E-state index < -0.39 is 10.0 Å². The number of amides is 1. The van der Waals surface area contributed by atoms with Gasteiger partial charge in [0, 0.05) is 26.1 Å². The van der Waals surface area contributed by atoms with Crippen molar-refractivity contribution in [2.45, 2.75) is 17.7 Å². The maximum absolute atomic E-state index is 12.4. The van der Waals surface area contributed by atoms with E-state index in [1.807, 2.05) is 18.2 Å². The summed E-state index contributed by atoms with van der Waals surface area (Å²) in [5, 5.41) is 0.158. The van der Waals surface area contributed by atoms with Crippen molar-refractivity contribution in [2.24, 2.45) is 0 Å². The summed E-state index contributed by atoms with van der Waals surface area (Å²) in [5.74, 6) is -0.0692. The van der Waals surface area contributed by atoms with Crippen molar-refractivity contribution in [1.29, 1.82) is 0 Å². The molecule has 0 unspecified atom stereocenters. The van der Waals surface area contributed by atoms with Gasteiger partial charge in [-0.05, 0) is 29.7 Å². The van der Waals surface area contributed by atoms with Gasteiger partial charge in [0.15, 0.2) is 0 Å². The highest BCUT2D eigenvalue weighted by atomic mass is 35.5. The summed E-state index contributed by atoms with van der Waals surface area (Å²) < 4.78 is 27.0. The van der Waals surface area contributed by atoms with Crippen LogP contribution in [0.25, 0.3) is 5.57 Å². The van der Waals surface area contributed by atoms with Crippen molar-refractivity contribution in [1.82, 2.24) is 9.62 Å². The van der Waals surface area contributed by atoms with Crippen molar-refractivity contribution in [2.75, 3.05) is 19.6 Å². The molecular weight excluding hydrogens is 384 g/mol. The molecule has 0 saturated heterocycles. The largest absolute Gasteiger partial charge is 0.339 e. The average molecular weight is 405 g/mol. The number of sulfonamides is 1. The molecule has 0 spiro atoms. The third-order valence-corrected chi connectivity index (χ3v) is 6.42. The Morgan fingerprint density at radius 2 is 1.78 bits per heavy atom. The van der Waals surface area contributed by atoms with E-state index in [1.54, 1.807) is 17.0 Å². The van der Waals surface area contributed by atoms with E-state index >= 15 is 0 Å². The van der Waals surface area contributed by atoms with Gasteiger partial charge in [0.25, 0.3) is 0 Å². The lowest BCUT2D eigenvalue weighted by molar-refractivity contribution is -0.130. The highest BCUT2D eigenvalue weighted by Crippen LogP contribution is 2.22. The van der Waals surface area contributed by atoms with E-state index in [1.165, 1.54) is 23.3 Å². The van der Waals surface area contributed by atoms with Crippen LogP contribution >= 0.6 is 11.6 Å². The van der Waals surface area contributed by atoms with Gasteiger partial charge in [-0.1, -0.05) is 60.1 Å². The van der Waals surface area contributed by atoms with Crippen LogP contribution in [0.15, 0.2) is 65.6 Å². The van der Waals surface area contributed by atoms with E-state index in [2.05, 4.69) is 22.9 Å². The van der Waals surface area contributed by atoms with Crippen molar-refractivity contribution in [3.63, 3.8) is 0 Å². The monoisotopic (exact) mass is 404 g/mol. The maximum atomic E-state index is 12.4. The molecule has 5 nitrogen and oxygen atoms in total. The lowest BCUT2D eigenvalue weighted by Gasteiger charge is -2.26. The fourth-order valence-corrected chi connectivity index (χ4v) is 4.55. The van der Waals surface area contributed by atoms with Crippen LogP contribution in [0.2, 0.25) is 5.02 Å². The normalized spacial score (nSPS) is 14.7. The first-order valence-electron chi connectivity index (χ1n) is 8.74. The summed E-state index contributed by atoms with van der Waals surface area (Å²) in [7, 11) is -3.73. The number of carbonyl (C=O) groups excluding carboxylic acids is 1. The van der Waals surface area contributed by atoms with Gasteiger partial charge < -0.3 is 4.90 Å². The third-order valence-electron chi connectivity index (χ3n) is 4.46. The fourth-order valence-electron chi connectivity index (χ4n) is 3.00. The molecule has 142 valence electrons. The second-order valence-corrected chi connectivity index (χ2v) is 8.41. The smallest absolute Gasteiger partial charge is 0.242 e. The van der Waals surface area contributed by atoms with E-state index in [0.29, 0.717) is 13.1 Å². The molecule has 2 aromatic carbocycles. The molecule has 0 atom stereocenters. The Morgan fingerprint density at radius 3 is 2.44 bits per heavy atom. The van der Waals surface area contributed by atoms with Crippen LogP contribution in [-0.2, 0) is 14.8 Å². The molecule has 1 N–H and O–H groups in total. The first kappa shape index (κ1) is 19.6. The predicted octanol–water partition coefficient (Wildman–Crippen LogP) is 3.32. The van der Waals surface area contributed by atoms with Crippen molar-refractivity contribution >= 4 is 33.1 Å². The van der Waals surface area contributed by atoms with Crippen LogP contribution in [0.1, 0.15) is 18.4 Å². The van der Waals surface area contributed by atoms with Crippen LogP contribution in [-0.4, -0.2) is 38.9 Å². The number of nitrogens with zero attached hydrogens (tertiary/aromatic N) is 1. The lowest BCUT2D eigenvalue weighted by Crippen LogP contribution is -2.37. The molecule has 0 bridgehead atoms. The SMILES string of the molecule is O=C(CCNS(=O)(=O)c1ccccc1Cl)N1CC=C(c2ccccc2)CC1. The Morgan fingerprint density at radius 1 is 1.07 bits per heavy atom. The summed E-state index contributed by atoms with van der Waals surface area (Å²) in [6.07, 6.45) is 2.96. The first-order valence-corrected chi connectivity index (χ1v) is 10.6. The number of halogens is 1. The van der Waals surface area contributed by atoms with Gasteiger partial charge in [0.2, 0.25) is 15.9 Å². The van der Waals surface area contributed by atoms with Crippen LogP contribution in [0, 0.1) is 0 Å². The summed E-state index contributed by atoms with van der Waals surface area (Å²) in [4.78, 5) is 14.1. The van der Waals surface area contributed by atoms with Crippen LogP contribution in [0.3, 0.4) is 0 Å². The molecular formula is C20H21ClN2O3S. The molecule has 1 aliphatic heterocycles. The van der Waals surface area contributed by atoms with Gasteiger partial charge in [0.1, 0.15) is 4.90 Å². The number of carbonyl (C=O) groups is 1. The topological polar surface area (TPSA) is 66.5 Å². The molecule has 3 rings (SSSR count). The Labute approximate surface area is 164 Å². The highest BCUT2D eigenvalue weighted by molar-refractivity contribution is 7.89. The van der Waals surface area contributed by atoms with Gasteiger partial charge in [-0.2, -0.15) is 0 Å². The van der Waals surface area contributed by atoms with Crippen LogP contribution < -0.4 is 4.72 Å². The molecule has 0 aromatic heterocycles. The second kappa shape index (κ2) is 8.69. The fraction of sp³-hybridized carbons (Fsp3) is 0.250. The Bertz CT molecular complexity index is 943. The minimum absolute atomic E-state index is 0.0209. The number of hydrogen-bond donors (Lipinski definition) is 1. The standard InChI is InChI=1S/C20H21ClN2O3S/c21-18-8-4-5-9-19(18)27(25,26)22-13-10-20(24)23-14-11-17(12-15-23)16-6-2-1-3-7-16/h1-9,11,22H,10,12-15H2. The van der Waals surface area contributed by atoms with Crippen LogP contribution in [0.4, 0.5) is 0 Å². The Hall–Kier alpha value is -2.15. The third kappa shape index (κ3) is 4.97. The van der Waals surface area contributed by atoms with Crippen molar-refractivity contribution in [3.8, 4) is 0 Å². The maximum Gasteiger partial charge on any atom is 0.242 e. The van der Waals surface area contributed by atoms with Gasteiger partial charge >= 0.3 is 0 Å². The molecule has 1 heterocycles. The molecule has 0 aliphatic carbocycles. The number of hydrogen-bond acceptors (Lipinski definition) is 3. The van der Waals surface area contributed by atoms with Crippen molar-refractivity contribution in [3.05, 3.63) is 71.3 Å². The summed E-state index contributed by atoms with van der Waals surface area (Å²) in [6, 6.07) is 16.3. The van der Waals surface area contributed by atoms with E-state index in [4.69, 9.17) is 11.6 Å². The molecule has 1 amide bonds. The summed E-state index contributed by atoms with van der Waals surface area (Å²) in [5.41, 5.74) is 2.41. The van der Waals surface area contributed by atoms with Gasteiger partial charge in [-0.25, -0.2) is 13.1 Å². The molecule has 27 heavy (non-hydrogen) atoms. The zero-order valence-corrected chi connectivity index (χ0v) is 16.3. The minimum atomic E-state index is -3.73. The molecule has 1 aliphatic rings. The average Bonchev–Trinajstić information content (AvgIpc) is 2.69. The van der Waals surface area contributed by atoms with Gasteiger partial charge in [-0.3, -0.25) is 4.79 Å². The van der Waals surface area contributed by atoms with Gasteiger partial charge in [0.05, 0.1) is 5.02 Å². The lowest BCUT2D eigenvalue weighted by atomic mass is 9.99. The number of benzene rings is 2. The molecule has 0 radical (unpaired) electrons. The minimum Gasteiger partial charge on any atom is -0.339 e. The van der Waals surface area contributed by atoms with E-state index in [0.717, 1.165) is 6.42 Å². The van der Waals surface area contributed by atoms with E-state index in [-0.39, 0.29) is 28.8 Å². The number of nitrogens with one attached hydrogen (secondary N) is 1. The Kier molecular flexibility index (Phi) is 6.31. The molecule has 0 saturated carbocycles. The zero-order valence-electron chi connectivity index (χ0n) is 14.8. The molecule has 0 fully saturated rings. The second-order valence-electron chi connectivity index (χ2n) is 6.26. The summed E-state index contributed by atoms with van der Waals surface area (Å²) >= 11 is 5.94.